The molecule has 1 aromatic rings. The van der Waals surface area contributed by atoms with E-state index in [1.807, 2.05) is 0 Å². The standard InChI is InChI=1S/C12H16N2O/c13-7-12(8-15-9-12)14-5-10-3-1-2-4-11(10)6-14/h1-4H,5-9,13H2. The minimum Gasteiger partial charge on any atom is -0.377 e. The van der Waals surface area contributed by atoms with Gasteiger partial charge in [-0.05, 0) is 11.1 Å². The fourth-order valence-corrected chi connectivity index (χ4v) is 2.44. The van der Waals surface area contributed by atoms with Gasteiger partial charge in [-0.25, -0.2) is 0 Å². The molecule has 3 heteroatoms. The maximum Gasteiger partial charge on any atom is 0.0807 e. The fourth-order valence-electron chi connectivity index (χ4n) is 2.44. The number of fused-ring (bicyclic) bond motifs is 1. The second-order valence-electron chi connectivity index (χ2n) is 4.55. The lowest BCUT2D eigenvalue weighted by Crippen LogP contribution is -2.64. The Morgan fingerprint density at radius 3 is 2.20 bits per heavy atom. The van der Waals surface area contributed by atoms with E-state index in [-0.39, 0.29) is 5.54 Å². The highest BCUT2D eigenvalue weighted by atomic mass is 16.5. The third kappa shape index (κ3) is 1.31. The minimum absolute atomic E-state index is 0.110. The molecule has 0 bridgehead atoms. The molecule has 3 rings (SSSR count). The van der Waals surface area contributed by atoms with Crippen molar-refractivity contribution in [1.29, 1.82) is 0 Å². The summed E-state index contributed by atoms with van der Waals surface area (Å²) in [5.74, 6) is 0. The van der Waals surface area contributed by atoms with Crippen molar-refractivity contribution in [3.8, 4) is 0 Å². The van der Waals surface area contributed by atoms with Crippen LogP contribution in [0.4, 0.5) is 0 Å². The summed E-state index contributed by atoms with van der Waals surface area (Å²) in [4.78, 5) is 2.46. The van der Waals surface area contributed by atoms with E-state index in [0.29, 0.717) is 6.54 Å². The van der Waals surface area contributed by atoms with Crippen molar-refractivity contribution in [1.82, 2.24) is 4.90 Å². The predicted octanol–water partition coefficient (Wildman–Crippen LogP) is 0.730. The SMILES string of the molecule is NCC1(N2Cc3ccccc3C2)COC1. The van der Waals surface area contributed by atoms with Crippen LogP contribution in [0.1, 0.15) is 11.1 Å². The van der Waals surface area contributed by atoms with Gasteiger partial charge in [0.2, 0.25) is 0 Å². The van der Waals surface area contributed by atoms with Crippen LogP contribution in [-0.2, 0) is 17.8 Å². The van der Waals surface area contributed by atoms with Gasteiger partial charge >= 0.3 is 0 Å². The first-order valence-corrected chi connectivity index (χ1v) is 5.44. The first-order valence-electron chi connectivity index (χ1n) is 5.44. The normalized spacial score (nSPS) is 23.5. The van der Waals surface area contributed by atoms with E-state index in [1.54, 1.807) is 0 Å². The Hall–Kier alpha value is -0.900. The van der Waals surface area contributed by atoms with E-state index in [4.69, 9.17) is 10.5 Å². The molecule has 0 unspecified atom stereocenters. The highest BCUT2D eigenvalue weighted by Crippen LogP contribution is 2.33. The number of hydrogen-bond donors (Lipinski definition) is 1. The van der Waals surface area contributed by atoms with Gasteiger partial charge in [-0.2, -0.15) is 0 Å². The molecule has 2 heterocycles. The molecular weight excluding hydrogens is 188 g/mol. The Labute approximate surface area is 89.8 Å². The van der Waals surface area contributed by atoms with Crippen molar-refractivity contribution >= 4 is 0 Å². The van der Waals surface area contributed by atoms with Gasteiger partial charge in [0.25, 0.3) is 0 Å². The van der Waals surface area contributed by atoms with Crippen molar-refractivity contribution in [3.63, 3.8) is 0 Å². The highest BCUT2D eigenvalue weighted by Gasteiger charge is 2.44. The molecule has 0 aliphatic carbocycles. The van der Waals surface area contributed by atoms with Crippen LogP contribution < -0.4 is 5.73 Å². The van der Waals surface area contributed by atoms with Crippen molar-refractivity contribution in [2.75, 3.05) is 19.8 Å². The van der Waals surface area contributed by atoms with Gasteiger partial charge in [0.05, 0.1) is 18.8 Å². The smallest absolute Gasteiger partial charge is 0.0807 e. The molecule has 0 aromatic heterocycles. The molecule has 1 aromatic carbocycles. The highest BCUT2D eigenvalue weighted by molar-refractivity contribution is 5.31. The summed E-state index contributed by atoms with van der Waals surface area (Å²) in [6.07, 6.45) is 0. The zero-order valence-electron chi connectivity index (χ0n) is 8.78. The van der Waals surface area contributed by atoms with Gasteiger partial charge in [0.1, 0.15) is 0 Å². The average Bonchev–Trinajstić information content (AvgIpc) is 2.60. The number of nitrogens with two attached hydrogens (primary N) is 1. The largest absolute Gasteiger partial charge is 0.377 e. The Bertz CT molecular complexity index is 343. The van der Waals surface area contributed by atoms with E-state index < -0.39 is 0 Å². The summed E-state index contributed by atoms with van der Waals surface area (Å²) in [6.45, 7) is 4.32. The molecule has 0 amide bonds. The Kier molecular flexibility index (Phi) is 2.06. The predicted molar refractivity (Wildman–Crippen MR) is 58.3 cm³/mol. The van der Waals surface area contributed by atoms with Crippen molar-refractivity contribution in [3.05, 3.63) is 35.4 Å². The third-order valence-electron chi connectivity index (χ3n) is 3.63. The van der Waals surface area contributed by atoms with Crippen molar-refractivity contribution in [2.45, 2.75) is 18.6 Å². The molecular formula is C12H16N2O. The maximum atomic E-state index is 5.86. The Morgan fingerprint density at radius 2 is 1.80 bits per heavy atom. The second-order valence-corrected chi connectivity index (χ2v) is 4.55. The van der Waals surface area contributed by atoms with E-state index in [1.165, 1.54) is 11.1 Å². The molecule has 3 nitrogen and oxygen atoms in total. The lowest BCUT2D eigenvalue weighted by Gasteiger charge is -2.47. The molecule has 0 atom stereocenters. The van der Waals surface area contributed by atoms with Gasteiger partial charge < -0.3 is 10.5 Å². The molecule has 0 spiro atoms. The number of rotatable bonds is 2. The maximum absolute atomic E-state index is 5.86. The zero-order chi connectivity index (χ0) is 10.3. The summed E-state index contributed by atoms with van der Waals surface area (Å²) in [7, 11) is 0. The number of nitrogens with zero attached hydrogens (tertiary/aromatic N) is 1. The van der Waals surface area contributed by atoms with Crippen LogP contribution in [0, 0.1) is 0 Å². The monoisotopic (exact) mass is 204 g/mol. The number of benzene rings is 1. The van der Waals surface area contributed by atoms with Crippen molar-refractivity contribution in [2.24, 2.45) is 5.73 Å². The summed E-state index contributed by atoms with van der Waals surface area (Å²) < 4.78 is 5.32. The average molecular weight is 204 g/mol. The Morgan fingerprint density at radius 1 is 1.20 bits per heavy atom. The van der Waals surface area contributed by atoms with E-state index in [2.05, 4.69) is 29.2 Å². The van der Waals surface area contributed by atoms with Gasteiger partial charge in [0.15, 0.2) is 0 Å². The molecule has 15 heavy (non-hydrogen) atoms. The molecule has 80 valence electrons. The third-order valence-corrected chi connectivity index (χ3v) is 3.63. The van der Waals surface area contributed by atoms with Gasteiger partial charge in [-0.3, -0.25) is 4.90 Å². The van der Waals surface area contributed by atoms with Crippen LogP contribution in [0.15, 0.2) is 24.3 Å². The van der Waals surface area contributed by atoms with E-state index in [0.717, 1.165) is 26.3 Å². The number of ether oxygens (including phenoxy) is 1. The number of hydrogen-bond acceptors (Lipinski definition) is 3. The van der Waals surface area contributed by atoms with Gasteiger partial charge in [-0.1, -0.05) is 24.3 Å². The molecule has 2 aliphatic rings. The molecule has 1 fully saturated rings. The van der Waals surface area contributed by atoms with Crippen LogP contribution >= 0.6 is 0 Å². The molecule has 1 saturated heterocycles. The summed E-state index contributed by atoms with van der Waals surface area (Å²) in [6, 6.07) is 8.63. The van der Waals surface area contributed by atoms with Gasteiger partial charge in [0, 0.05) is 19.6 Å². The van der Waals surface area contributed by atoms with E-state index >= 15 is 0 Å². The van der Waals surface area contributed by atoms with Crippen LogP contribution in [-0.4, -0.2) is 30.2 Å². The molecule has 2 N–H and O–H groups in total. The zero-order valence-corrected chi connectivity index (χ0v) is 8.78. The van der Waals surface area contributed by atoms with Crippen LogP contribution in [0.3, 0.4) is 0 Å². The van der Waals surface area contributed by atoms with Crippen LogP contribution in [0.2, 0.25) is 0 Å². The lowest BCUT2D eigenvalue weighted by atomic mass is 9.95. The van der Waals surface area contributed by atoms with Crippen LogP contribution in [0.5, 0.6) is 0 Å². The summed E-state index contributed by atoms with van der Waals surface area (Å²) in [5, 5.41) is 0. The van der Waals surface area contributed by atoms with E-state index in [9.17, 15) is 0 Å². The first-order chi connectivity index (χ1) is 7.34. The fraction of sp³-hybridized carbons (Fsp3) is 0.500. The van der Waals surface area contributed by atoms with Gasteiger partial charge in [-0.15, -0.1) is 0 Å². The minimum atomic E-state index is 0.110. The van der Waals surface area contributed by atoms with Crippen LogP contribution in [0.25, 0.3) is 0 Å². The quantitative estimate of drug-likeness (QED) is 0.772. The summed E-state index contributed by atoms with van der Waals surface area (Å²) in [5.41, 5.74) is 8.86. The molecule has 0 saturated carbocycles. The molecule has 0 radical (unpaired) electrons. The second kappa shape index (κ2) is 3.30. The lowest BCUT2D eigenvalue weighted by molar-refractivity contribution is -0.138. The van der Waals surface area contributed by atoms with Crippen molar-refractivity contribution < 1.29 is 4.74 Å². The Balaban J connectivity index is 1.83. The first kappa shape index (κ1) is 9.33. The molecule has 2 aliphatic heterocycles. The summed E-state index contributed by atoms with van der Waals surface area (Å²) >= 11 is 0. The topological polar surface area (TPSA) is 38.5 Å².